The number of carboxylic acid groups (broad SMARTS) is 1. The zero-order valence-corrected chi connectivity index (χ0v) is 13.9. The van der Waals surface area contributed by atoms with E-state index in [1.807, 2.05) is 39.1 Å². The van der Waals surface area contributed by atoms with E-state index in [0.29, 0.717) is 12.8 Å². The molecule has 0 radical (unpaired) electrons. The maximum Gasteiger partial charge on any atom is 0.323 e. The van der Waals surface area contributed by atoms with E-state index < -0.39 is 5.97 Å². The van der Waals surface area contributed by atoms with Gasteiger partial charge in [0.1, 0.15) is 6.54 Å². The van der Waals surface area contributed by atoms with Crippen molar-refractivity contribution in [1.82, 2.24) is 9.88 Å². The first-order valence-electron chi connectivity index (χ1n) is 8.00. The molecule has 1 aromatic heterocycles. The van der Waals surface area contributed by atoms with Gasteiger partial charge in [0.2, 0.25) is 5.91 Å². The Morgan fingerprint density at radius 3 is 2.74 bits per heavy atom. The van der Waals surface area contributed by atoms with Gasteiger partial charge >= 0.3 is 5.97 Å². The Morgan fingerprint density at radius 1 is 1.35 bits per heavy atom. The Balaban J connectivity index is 2.09. The van der Waals surface area contributed by atoms with Gasteiger partial charge in [-0.1, -0.05) is 18.6 Å². The number of nitrogens with one attached hydrogen (secondary N) is 1. The lowest BCUT2D eigenvalue weighted by molar-refractivity contribution is -0.146. The Labute approximate surface area is 136 Å². The molecular formula is C18H24N2O3. The lowest BCUT2D eigenvalue weighted by atomic mass is 10.1. The molecule has 0 aliphatic heterocycles. The Kier molecular flexibility index (Phi) is 5.42. The van der Waals surface area contributed by atoms with Gasteiger partial charge in [-0.2, -0.15) is 0 Å². The summed E-state index contributed by atoms with van der Waals surface area (Å²) >= 11 is 0. The van der Waals surface area contributed by atoms with Gasteiger partial charge in [0.05, 0.1) is 0 Å². The molecule has 0 fully saturated rings. The highest BCUT2D eigenvalue weighted by Crippen LogP contribution is 2.21. The molecule has 0 spiro atoms. The third-order valence-electron chi connectivity index (χ3n) is 4.28. The number of nitrogens with zero attached hydrogens (tertiary/aromatic N) is 1. The van der Waals surface area contributed by atoms with Crippen LogP contribution in [-0.4, -0.2) is 39.5 Å². The van der Waals surface area contributed by atoms with E-state index in [-0.39, 0.29) is 18.5 Å². The molecule has 124 valence electrons. The molecule has 2 rings (SSSR count). The van der Waals surface area contributed by atoms with E-state index in [9.17, 15) is 9.59 Å². The molecule has 23 heavy (non-hydrogen) atoms. The van der Waals surface area contributed by atoms with Gasteiger partial charge in [-0.3, -0.25) is 9.59 Å². The summed E-state index contributed by atoms with van der Waals surface area (Å²) in [5.74, 6) is -1.08. The number of aromatic amines is 1. The van der Waals surface area contributed by atoms with Crippen molar-refractivity contribution in [3.05, 3.63) is 35.5 Å². The number of fused-ring (bicyclic) bond motifs is 1. The van der Waals surface area contributed by atoms with E-state index in [4.69, 9.17) is 5.11 Å². The number of benzene rings is 1. The van der Waals surface area contributed by atoms with Gasteiger partial charge in [-0.05, 0) is 44.4 Å². The number of carbonyl (C=O) groups is 2. The number of carboxylic acids is 1. The fourth-order valence-corrected chi connectivity index (χ4v) is 2.74. The first-order valence-corrected chi connectivity index (χ1v) is 8.00. The molecule has 1 amide bonds. The largest absolute Gasteiger partial charge is 0.480 e. The van der Waals surface area contributed by atoms with Crippen LogP contribution in [0.15, 0.2) is 24.4 Å². The zero-order chi connectivity index (χ0) is 17.0. The van der Waals surface area contributed by atoms with Gasteiger partial charge in [0.15, 0.2) is 0 Å². The number of aliphatic carboxylic acids is 1. The summed E-state index contributed by atoms with van der Waals surface area (Å²) in [6.07, 6.45) is 3.60. The zero-order valence-electron chi connectivity index (χ0n) is 13.9. The first kappa shape index (κ1) is 17.1. The molecule has 1 unspecified atom stereocenters. The van der Waals surface area contributed by atoms with E-state index in [1.165, 1.54) is 10.5 Å². The average molecular weight is 316 g/mol. The van der Waals surface area contributed by atoms with Crippen LogP contribution in [0, 0.1) is 6.92 Å². The molecule has 0 saturated carbocycles. The second-order valence-corrected chi connectivity index (χ2v) is 6.04. The number of aromatic nitrogens is 1. The number of H-pyrrole nitrogens is 1. The van der Waals surface area contributed by atoms with Crippen molar-refractivity contribution in [2.24, 2.45) is 0 Å². The van der Waals surface area contributed by atoms with Crippen molar-refractivity contribution < 1.29 is 14.7 Å². The second-order valence-electron chi connectivity index (χ2n) is 6.04. The minimum Gasteiger partial charge on any atom is -0.480 e. The predicted octanol–water partition coefficient (Wildman–Crippen LogP) is 3.12. The number of hydrogen-bond acceptors (Lipinski definition) is 2. The number of rotatable bonds is 7. The predicted molar refractivity (Wildman–Crippen MR) is 90.5 cm³/mol. The van der Waals surface area contributed by atoms with Crippen LogP contribution >= 0.6 is 0 Å². The lowest BCUT2D eigenvalue weighted by Gasteiger charge is -2.27. The van der Waals surface area contributed by atoms with Crippen LogP contribution in [0.3, 0.4) is 0 Å². The molecule has 2 aromatic rings. The topological polar surface area (TPSA) is 73.4 Å². The van der Waals surface area contributed by atoms with Crippen LogP contribution < -0.4 is 0 Å². The summed E-state index contributed by atoms with van der Waals surface area (Å²) in [6, 6.07) is 6.12. The van der Waals surface area contributed by atoms with Crippen LogP contribution in [0.25, 0.3) is 10.9 Å². The van der Waals surface area contributed by atoms with E-state index in [1.54, 1.807) is 0 Å². The Morgan fingerprint density at radius 2 is 2.09 bits per heavy atom. The molecule has 5 heteroatoms. The molecule has 0 aliphatic rings. The molecule has 5 nitrogen and oxygen atoms in total. The highest BCUT2D eigenvalue weighted by Gasteiger charge is 2.21. The third kappa shape index (κ3) is 4.12. The van der Waals surface area contributed by atoms with Gasteiger partial charge < -0.3 is 15.0 Å². The minimum atomic E-state index is -0.971. The van der Waals surface area contributed by atoms with Crippen molar-refractivity contribution in [1.29, 1.82) is 0 Å². The molecule has 1 heterocycles. The first-order chi connectivity index (χ1) is 10.9. The summed E-state index contributed by atoms with van der Waals surface area (Å²) in [6.45, 7) is 5.64. The minimum absolute atomic E-state index is 0.0659. The van der Waals surface area contributed by atoms with Crippen molar-refractivity contribution >= 4 is 22.8 Å². The van der Waals surface area contributed by atoms with E-state index in [2.05, 4.69) is 11.1 Å². The number of hydrogen-bond donors (Lipinski definition) is 2. The number of carbonyl (C=O) groups excluding carboxylic acids is 1. The molecule has 1 atom stereocenters. The molecule has 0 saturated heterocycles. The fourth-order valence-electron chi connectivity index (χ4n) is 2.74. The van der Waals surface area contributed by atoms with Crippen LogP contribution in [0.4, 0.5) is 0 Å². The normalized spacial score (nSPS) is 12.3. The van der Waals surface area contributed by atoms with E-state index in [0.717, 1.165) is 22.9 Å². The summed E-state index contributed by atoms with van der Waals surface area (Å²) in [4.78, 5) is 28.1. The van der Waals surface area contributed by atoms with Crippen molar-refractivity contribution in [3.8, 4) is 0 Å². The second kappa shape index (κ2) is 7.31. The summed E-state index contributed by atoms with van der Waals surface area (Å²) in [5.41, 5.74) is 3.33. The quantitative estimate of drug-likeness (QED) is 0.824. The monoisotopic (exact) mass is 316 g/mol. The summed E-state index contributed by atoms with van der Waals surface area (Å²) in [5, 5.41) is 10.1. The highest BCUT2D eigenvalue weighted by atomic mass is 16.4. The van der Waals surface area contributed by atoms with Crippen molar-refractivity contribution in [3.63, 3.8) is 0 Å². The van der Waals surface area contributed by atoms with Crippen molar-refractivity contribution in [2.75, 3.05) is 6.54 Å². The highest BCUT2D eigenvalue weighted by molar-refractivity contribution is 5.85. The third-order valence-corrected chi connectivity index (χ3v) is 4.28. The van der Waals surface area contributed by atoms with Crippen molar-refractivity contribution in [2.45, 2.75) is 46.1 Å². The standard InChI is InChI=1S/C18H24N2O3/c1-4-13(3)20(11-18(22)23)17(21)8-6-14-10-19-16-7-5-12(2)9-15(14)16/h5,7,9-10,13,19H,4,6,8,11H2,1-3H3,(H,22,23). The maximum atomic E-state index is 12.4. The average Bonchev–Trinajstić information content (AvgIpc) is 2.91. The van der Waals surface area contributed by atoms with Crippen LogP contribution in [-0.2, 0) is 16.0 Å². The summed E-state index contributed by atoms with van der Waals surface area (Å²) < 4.78 is 0. The molecule has 2 N–H and O–H groups in total. The Bertz CT molecular complexity index is 705. The Hall–Kier alpha value is -2.30. The van der Waals surface area contributed by atoms with Gasteiger partial charge in [-0.25, -0.2) is 0 Å². The maximum absolute atomic E-state index is 12.4. The number of amides is 1. The fraction of sp³-hybridized carbons (Fsp3) is 0.444. The van der Waals surface area contributed by atoms with Crippen LogP contribution in [0.5, 0.6) is 0 Å². The van der Waals surface area contributed by atoms with Crippen LogP contribution in [0.1, 0.15) is 37.8 Å². The molecule has 0 bridgehead atoms. The summed E-state index contributed by atoms with van der Waals surface area (Å²) in [7, 11) is 0. The van der Waals surface area contributed by atoms with Crippen LogP contribution in [0.2, 0.25) is 0 Å². The molecule has 0 aliphatic carbocycles. The number of aryl methyl sites for hydroxylation is 2. The van der Waals surface area contributed by atoms with Gasteiger partial charge in [0.25, 0.3) is 0 Å². The van der Waals surface area contributed by atoms with E-state index >= 15 is 0 Å². The lowest BCUT2D eigenvalue weighted by Crippen LogP contribution is -2.41. The molecular weight excluding hydrogens is 292 g/mol. The molecule has 1 aromatic carbocycles. The van der Waals surface area contributed by atoms with Gasteiger partial charge in [0, 0.05) is 29.6 Å². The smallest absolute Gasteiger partial charge is 0.323 e. The van der Waals surface area contributed by atoms with Gasteiger partial charge in [-0.15, -0.1) is 0 Å². The SMILES string of the molecule is CCC(C)N(CC(=O)O)C(=O)CCc1c[nH]c2ccc(C)cc12.